The fourth-order valence-electron chi connectivity index (χ4n) is 1.06. The number of hydrogen-bond donors (Lipinski definition) is 0. The second-order valence-corrected chi connectivity index (χ2v) is 2.81. The molecule has 0 aliphatic heterocycles. The van der Waals surface area contributed by atoms with Gasteiger partial charge in [0, 0.05) is 12.5 Å². The predicted octanol–water partition coefficient (Wildman–Crippen LogP) is 1.53. The molecule has 0 fully saturated rings. The maximum absolute atomic E-state index is 10.1. The zero-order valence-corrected chi connectivity index (χ0v) is 8.40. The Morgan fingerprint density at radius 3 is 2.73 bits per heavy atom. The topological polar surface area (TPSA) is 59.3 Å². The van der Waals surface area contributed by atoms with Crippen LogP contribution in [0.15, 0.2) is 18.2 Å². The Balaban J connectivity index is 2.78. The Morgan fingerprint density at radius 1 is 1.40 bits per heavy atom. The minimum absolute atomic E-state index is 0.307. The summed E-state index contributed by atoms with van der Waals surface area (Å²) in [6.45, 7) is 0.307. The van der Waals surface area contributed by atoms with Crippen molar-refractivity contribution >= 4 is 6.29 Å². The number of nitriles is 1. The van der Waals surface area contributed by atoms with Crippen molar-refractivity contribution in [2.75, 3.05) is 13.7 Å². The molecule has 1 rings (SSSR count). The molecule has 0 aliphatic rings. The third-order valence-corrected chi connectivity index (χ3v) is 1.75. The summed E-state index contributed by atoms with van der Waals surface area (Å²) in [6.07, 6.45) is 1.12. The van der Waals surface area contributed by atoms with Gasteiger partial charge in [0.25, 0.3) is 0 Å². The molecular formula is C11H11NO3. The average molecular weight is 205 g/mol. The van der Waals surface area contributed by atoms with Crippen LogP contribution in [0.25, 0.3) is 0 Å². The lowest BCUT2D eigenvalue weighted by atomic mass is 10.2. The van der Waals surface area contributed by atoms with Gasteiger partial charge in [0.15, 0.2) is 0 Å². The van der Waals surface area contributed by atoms with Gasteiger partial charge in [0.2, 0.25) is 0 Å². The van der Waals surface area contributed by atoms with Crippen LogP contribution in [0.4, 0.5) is 0 Å². The summed E-state index contributed by atoms with van der Waals surface area (Å²) in [5.74, 6) is 1.10. The molecule has 0 atom stereocenters. The standard InChI is InChI=1S/C11H11NO3/c1-14-10-5-9(8-12)6-11(7-10)15-4-2-3-13/h3,5-7H,2,4H2,1H3. The second-order valence-electron chi connectivity index (χ2n) is 2.81. The third-order valence-electron chi connectivity index (χ3n) is 1.75. The lowest BCUT2D eigenvalue weighted by molar-refractivity contribution is -0.108. The van der Waals surface area contributed by atoms with Gasteiger partial charge >= 0.3 is 0 Å². The van der Waals surface area contributed by atoms with E-state index in [-0.39, 0.29) is 0 Å². The molecule has 0 amide bonds. The van der Waals surface area contributed by atoms with Gasteiger partial charge in [-0.05, 0) is 12.1 Å². The van der Waals surface area contributed by atoms with E-state index in [0.29, 0.717) is 30.1 Å². The van der Waals surface area contributed by atoms with Crippen molar-refractivity contribution in [3.05, 3.63) is 23.8 Å². The molecule has 1 aromatic rings. The molecule has 78 valence electrons. The fourth-order valence-corrected chi connectivity index (χ4v) is 1.06. The lowest BCUT2D eigenvalue weighted by Gasteiger charge is -2.06. The maximum Gasteiger partial charge on any atom is 0.124 e. The summed E-state index contributed by atoms with van der Waals surface area (Å²) in [7, 11) is 1.52. The largest absolute Gasteiger partial charge is 0.497 e. The summed E-state index contributed by atoms with van der Waals surface area (Å²) in [4.78, 5) is 10.1. The van der Waals surface area contributed by atoms with Crippen LogP contribution in [0, 0.1) is 11.3 Å². The molecule has 0 radical (unpaired) electrons. The van der Waals surface area contributed by atoms with Gasteiger partial charge in [-0.25, -0.2) is 0 Å². The number of methoxy groups -OCH3 is 1. The van der Waals surface area contributed by atoms with Crippen molar-refractivity contribution < 1.29 is 14.3 Å². The van der Waals surface area contributed by atoms with Crippen molar-refractivity contribution in [2.45, 2.75) is 6.42 Å². The first kappa shape index (κ1) is 11.1. The molecule has 0 heterocycles. The van der Waals surface area contributed by atoms with Gasteiger partial charge in [-0.2, -0.15) is 5.26 Å². The Morgan fingerprint density at radius 2 is 2.13 bits per heavy atom. The number of carbonyl (C=O) groups excluding carboxylic acids is 1. The number of ether oxygens (including phenoxy) is 2. The van der Waals surface area contributed by atoms with E-state index in [1.165, 1.54) is 7.11 Å². The number of nitrogens with zero attached hydrogens (tertiary/aromatic N) is 1. The van der Waals surface area contributed by atoms with E-state index in [0.717, 1.165) is 6.29 Å². The third kappa shape index (κ3) is 3.31. The van der Waals surface area contributed by atoms with Crippen LogP contribution in [-0.2, 0) is 4.79 Å². The first-order chi connectivity index (χ1) is 7.30. The molecule has 0 aliphatic carbocycles. The SMILES string of the molecule is COc1cc(C#N)cc(OCCC=O)c1. The average Bonchev–Trinajstić information content (AvgIpc) is 2.29. The van der Waals surface area contributed by atoms with Gasteiger partial charge in [-0.15, -0.1) is 0 Å². The molecule has 0 unspecified atom stereocenters. The molecular weight excluding hydrogens is 194 g/mol. The summed E-state index contributed by atoms with van der Waals surface area (Å²) in [5.41, 5.74) is 0.468. The van der Waals surface area contributed by atoms with Crippen LogP contribution in [-0.4, -0.2) is 20.0 Å². The Kier molecular flexibility index (Phi) is 4.17. The Bertz CT molecular complexity index is 382. The van der Waals surface area contributed by atoms with Crippen LogP contribution >= 0.6 is 0 Å². The van der Waals surface area contributed by atoms with Crippen LogP contribution in [0.5, 0.6) is 11.5 Å². The van der Waals surface area contributed by atoms with E-state index in [2.05, 4.69) is 0 Å². The van der Waals surface area contributed by atoms with Crippen LogP contribution in [0.2, 0.25) is 0 Å². The number of aldehydes is 1. The number of benzene rings is 1. The number of hydrogen-bond acceptors (Lipinski definition) is 4. The summed E-state index contributed by atoms with van der Waals surface area (Å²) in [5, 5.41) is 8.74. The first-order valence-electron chi connectivity index (χ1n) is 4.45. The van der Waals surface area contributed by atoms with Gasteiger partial charge in [-0.3, -0.25) is 0 Å². The van der Waals surface area contributed by atoms with Gasteiger partial charge in [0.1, 0.15) is 17.8 Å². The number of carbonyl (C=O) groups is 1. The van der Waals surface area contributed by atoms with E-state index < -0.39 is 0 Å². The molecule has 0 N–H and O–H groups in total. The molecule has 4 heteroatoms. The molecule has 0 saturated carbocycles. The highest BCUT2D eigenvalue weighted by Crippen LogP contribution is 2.22. The maximum atomic E-state index is 10.1. The predicted molar refractivity (Wildman–Crippen MR) is 53.9 cm³/mol. The zero-order valence-electron chi connectivity index (χ0n) is 8.40. The lowest BCUT2D eigenvalue weighted by Crippen LogP contribution is -1.98. The number of rotatable bonds is 5. The van der Waals surface area contributed by atoms with Gasteiger partial charge in [-0.1, -0.05) is 0 Å². The summed E-state index contributed by atoms with van der Waals surface area (Å²) in [6, 6.07) is 6.90. The molecule has 0 aromatic heterocycles. The molecule has 0 bridgehead atoms. The molecule has 0 spiro atoms. The minimum Gasteiger partial charge on any atom is -0.497 e. The highest BCUT2D eigenvalue weighted by molar-refractivity contribution is 5.49. The Labute approximate surface area is 88.0 Å². The van der Waals surface area contributed by atoms with Crippen molar-refractivity contribution in [3.8, 4) is 17.6 Å². The van der Waals surface area contributed by atoms with Crippen molar-refractivity contribution in [1.29, 1.82) is 5.26 Å². The van der Waals surface area contributed by atoms with E-state index in [1.807, 2.05) is 6.07 Å². The summed E-state index contributed by atoms with van der Waals surface area (Å²) >= 11 is 0. The molecule has 4 nitrogen and oxygen atoms in total. The highest BCUT2D eigenvalue weighted by Gasteiger charge is 2.01. The van der Waals surface area contributed by atoms with Crippen LogP contribution in [0.3, 0.4) is 0 Å². The van der Waals surface area contributed by atoms with Crippen LogP contribution < -0.4 is 9.47 Å². The molecule has 1 aromatic carbocycles. The van der Waals surface area contributed by atoms with Gasteiger partial charge < -0.3 is 14.3 Å². The van der Waals surface area contributed by atoms with Crippen molar-refractivity contribution in [3.63, 3.8) is 0 Å². The van der Waals surface area contributed by atoms with Crippen molar-refractivity contribution in [1.82, 2.24) is 0 Å². The Hall–Kier alpha value is -2.02. The normalized spacial score (nSPS) is 9.07. The molecule has 0 saturated heterocycles. The zero-order chi connectivity index (χ0) is 11.1. The minimum atomic E-state index is 0.307. The highest BCUT2D eigenvalue weighted by atomic mass is 16.5. The quantitative estimate of drug-likeness (QED) is 0.540. The smallest absolute Gasteiger partial charge is 0.124 e. The van der Waals surface area contributed by atoms with E-state index in [9.17, 15) is 4.79 Å². The van der Waals surface area contributed by atoms with Crippen LogP contribution in [0.1, 0.15) is 12.0 Å². The van der Waals surface area contributed by atoms with Gasteiger partial charge in [0.05, 0.1) is 25.3 Å². The monoisotopic (exact) mass is 205 g/mol. The summed E-state index contributed by atoms with van der Waals surface area (Å²) < 4.78 is 10.3. The van der Waals surface area contributed by atoms with E-state index >= 15 is 0 Å². The first-order valence-corrected chi connectivity index (χ1v) is 4.45. The second kappa shape index (κ2) is 5.66. The molecule has 15 heavy (non-hydrogen) atoms. The van der Waals surface area contributed by atoms with E-state index in [4.69, 9.17) is 14.7 Å². The fraction of sp³-hybridized carbons (Fsp3) is 0.273. The van der Waals surface area contributed by atoms with Crippen molar-refractivity contribution in [2.24, 2.45) is 0 Å². The van der Waals surface area contributed by atoms with E-state index in [1.54, 1.807) is 18.2 Å².